The maximum atomic E-state index is 14.3. The number of methoxy groups -OCH3 is 1. The third-order valence-corrected chi connectivity index (χ3v) is 7.32. The van der Waals surface area contributed by atoms with E-state index in [0.717, 1.165) is 60.4 Å². The Bertz CT molecular complexity index is 1220. The highest BCUT2D eigenvalue weighted by Crippen LogP contribution is 2.48. The predicted octanol–water partition coefficient (Wildman–Crippen LogP) is 6.35. The summed E-state index contributed by atoms with van der Waals surface area (Å²) in [6.07, 6.45) is 7.83. The molecule has 1 aliphatic carbocycles. The molecule has 1 fully saturated rings. The molecular weight excluding hydrogens is 443 g/mol. The summed E-state index contributed by atoms with van der Waals surface area (Å²) >= 11 is 0. The minimum atomic E-state index is -0.358. The monoisotopic (exact) mass is 474 g/mol. The van der Waals surface area contributed by atoms with Gasteiger partial charge >= 0.3 is 5.97 Å². The molecule has 0 radical (unpaired) electrons. The molecule has 3 atom stereocenters. The topological polar surface area (TPSA) is 61.3 Å². The standard InChI is InChI=1S/C29H31FN2O3/c1-17-13-23(24(30)16-31-17)22-11-12-25(32-15-22)26-6-4-5-19-7-10-21(14-27(19)35-26)28(20-8-9-20)18(2)29(33)34-3/h7,10-16,18,20,26,28H,4-6,8-9H2,1-3H3/t18-,26?,28-/m0/s1. The van der Waals surface area contributed by atoms with Gasteiger partial charge in [-0.3, -0.25) is 14.8 Å². The summed E-state index contributed by atoms with van der Waals surface area (Å²) < 4.78 is 25.9. The number of hydrogen-bond acceptors (Lipinski definition) is 5. The highest BCUT2D eigenvalue weighted by atomic mass is 19.1. The van der Waals surface area contributed by atoms with Gasteiger partial charge in [-0.1, -0.05) is 25.1 Å². The molecule has 3 heterocycles. The maximum absolute atomic E-state index is 14.3. The van der Waals surface area contributed by atoms with E-state index >= 15 is 0 Å². The van der Waals surface area contributed by atoms with Crippen LogP contribution in [0.3, 0.4) is 0 Å². The van der Waals surface area contributed by atoms with Crippen LogP contribution in [0, 0.1) is 24.6 Å². The molecule has 0 N–H and O–H groups in total. The van der Waals surface area contributed by atoms with Crippen LogP contribution in [-0.4, -0.2) is 23.0 Å². The fraction of sp³-hybridized carbons (Fsp3) is 0.414. The minimum absolute atomic E-state index is 0.133. The van der Waals surface area contributed by atoms with Crippen molar-refractivity contribution in [3.05, 3.63) is 77.1 Å². The highest BCUT2D eigenvalue weighted by molar-refractivity contribution is 5.73. The second-order valence-electron chi connectivity index (χ2n) is 9.82. The summed E-state index contributed by atoms with van der Waals surface area (Å²) in [5.41, 5.74) is 5.13. The van der Waals surface area contributed by atoms with E-state index in [4.69, 9.17) is 9.47 Å². The Morgan fingerprint density at radius 3 is 2.66 bits per heavy atom. The summed E-state index contributed by atoms with van der Waals surface area (Å²) in [6, 6.07) is 12.0. The van der Waals surface area contributed by atoms with E-state index < -0.39 is 0 Å². The summed E-state index contributed by atoms with van der Waals surface area (Å²) in [5.74, 6) is 0.793. The summed E-state index contributed by atoms with van der Waals surface area (Å²) in [7, 11) is 1.45. The lowest BCUT2D eigenvalue weighted by atomic mass is 9.82. The molecule has 1 saturated carbocycles. The largest absolute Gasteiger partial charge is 0.484 e. The van der Waals surface area contributed by atoms with Gasteiger partial charge in [-0.05, 0) is 80.2 Å². The van der Waals surface area contributed by atoms with Crippen molar-refractivity contribution < 1.29 is 18.7 Å². The van der Waals surface area contributed by atoms with Crippen molar-refractivity contribution in [2.24, 2.45) is 11.8 Å². The molecule has 35 heavy (non-hydrogen) atoms. The number of aryl methyl sites for hydroxylation is 2. The van der Waals surface area contributed by atoms with Gasteiger partial charge in [-0.15, -0.1) is 0 Å². The molecule has 0 amide bonds. The Labute approximate surface area is 205 Å². The van der Waals surface area contributed by atoms with Crippen LogP contribution >= 0.6 is 0 Å². The highest BCUT2D eigenvalue weighted by Gasteiger charge is 2.39. The lowest BCUT2D eigenvalue weighted by molar-refractivity contribution is -0.145. The van der Waals surface area contributed by atoms with Gasteiger partial charge in [0.2, 0.25) is 0 Å². The quantitative estimate of drug-likeness (QED) is 0.390. The van der Waals surface area contributed by atoms with E-state index in [1.807, 2.05) is 26.0 Å². The van der Waals surface area contributed by atoms with Crippen molar-refractivity contribution in [1.29, 1.82) is 0 Å². The molecule has 3 aromatic rings. The van der Waals surface area contributed by atoms with Crippen LogP contribution in [0.5, 0.6) is 5.75 Å². The average molecular weight is 475 g/mol. The molecule has 1 aromatic carbocycles. The number of rotatable bonds is 6. The average Bonchev–Trinajstić information content (AvgIpc) is 3.72. The Morgan fingerprint density at radius 1 is 1.11 bits per heavy atom. The molecule has 1 unspecified atom stereocenters. The Hall–Kier alpha value is -3.28. The zero-order valence-corrected chi connectivity index (χ0v) is 20.5. The molecule has 2 aromatic heterocycles. The van der Waals surface area contributed by atoms with Crippen molar-refractivity contribution in [2.75, 3.05) is 7.11 Å². The first-order valence-corrected chi connectivity index (χ1v) is 12.4. The SMILES string of the molecule is COC(=O)[C@@H](C)[C@H](c1ccc2c(c1)OC(c1ccc(-c3cc(C)ncc3F)cn1)CCC2)C1CC1. The molecule has 6 heteroatoms. The van der Waals surface area contributed by atoms with Crippen molar-refractivity contribution in [2.45, 2.75) is 58.0 Å². The summed E-state index contributed by atoms with van der Waals surface area (Å²) in [6.45, 7) is 3.80. The van der Waals surface area contributed by atoms with Gasteiger partial charge in [0.1, 0.15) is 17.7 Å². The number of halogens is 1. The number of fused-ring (bicyclic) bond motifs is 1. The molecule has 0 bridgehead atoms. The first-order chi connectivity index (χ1) is 16.9. The van der Waals surface area contributed by atoms with Crippen LogP contribution in [0.25, 0.3) is 11.1 Å². The van der Waals surface area contributed by atoms with Crippen LogP contribution in [0.2, 0.25) is 0 Å². The van der Waals surface area contributed by atoms with E-state index in [2.05, 4.69) is 28.2 Å². The second kappa shape index (κ2) is 9.76. The Balaban J connectivity index is 1.40. The summed E-state index contributed by atoms with van der Waals surface area (Å²) in [4.78, 5) is 21.0. The third kappa shape index (κ3) is 4.93. The van der Waals surface area contributed by atoms with Crippen molar-refractivity contribution >= 4 is 5.97 Å². The van der Waals surface area contributed by atoms with Crippen molar-refractivity contribution in [3.63, 3.8) is 0 Å². The number of benzene rings is 1. The van der Waals surface area contributed by atoms with Gasteiger partial charge in [0.15, 0.2) is 0 Å². The smallest absolute Gasteiger partial charge is 0.309 e. The maximum Gasteiger partial charge on any atom is 0.309 e. The number of hydrogen-bond donors (Lipinski definition) is 0. The van der Waals surface area contributed by atoms with Crippen LogP contribution in [-0.2, 0) is 16.0 Å². The molecule has 5 nitrogen and oxygen atoms in total. The van der Waals surface area contributed by atoms with Crippen molar-refractivity contribution in [3.8, 4) is 16.9 Å². The number of ether oxygens (including phenoxy) is 2. The first-order valence-electron chi connectivity index (χ1n) is 12.4. The zero-order valence-electron chi connectivity index (χ0n) is 20.5. The predicted molar refractivity (Wildman–Crippen MR) is 132 cm³/mol. The van der Waals surface area contributed by atoms with E-state index in [0.29, 0.717) is 11.5 Å². The number of esters is 1. The van der Waals surface area contributed by atoms with Crippen molar-refractivity contribution in [1.82, 2.24) is 9.97 Å². The van der Waals surface area contributed by atoms with Crippen LogP contribution in [0.15, 0.2) is 48.8 Å². The molecule has 5 rings (SSSR count). The zero-order chi connectivity index (χ0) is 24.5. The number of carbonyl (C=O) groups is 1. The van der Waals surface area contributed by atoms with Gasteiger partial charge < -0.3 is 9.47 Å². The third-order valence-electron chi connectivity index (χ3n) is 7.32. The van der Waals surface area contributed by atoms with E-state index in [1.165, 1.54) is 18.9 Å². The molecule has 0 spiro atoms. The lowest BCUT2D eigenvalue weighted by Crippen LogP contribution is -2.22. The molecule has 2 aliphatic rings. The second-order valence-corrected chi connectivity index (χ2v) is 9.82. The van der Waals surface area contributed by atoms with Crippen LogP contribution in [0.4, 0.5) is 4.39 Å². The molecule has 0 saturated heterocycles. The lowest BCUT2D eigenvalue weighted by Gasteiger charge is -2.24. The first kappa shape index (κ1) is 23.5. The van der Waals surface area contributed by atoms with Gasteiger partial charge in [-0.25, -0.2) is 4.39 Å². The van der Waals surface area contributed by atoms with E-state index in [1.54, 1.807) is 12.3 Å². The number of nitrogens with zero attached hydrogens (tertiary/aromatic N) is 2. The van der Waals surface area contributed by atoms with Gasteiger partial charge in [0.05, 0.1) is 24.9 Å². The van der Waals surface area contributed by atoms with Gasteiger partial charge in [-0.2, -0.15) is 0 Å². The van der Waals surface area contributed by atoms with Gasteiger partial charge in [0.25, 0.3) is 0 Å². The van der Waals surface area contributed by atoms with Gasteiger partial charge in [0, 0.05) is 23.0 Å². The normalized spacial score (nSPS) is 19.1. The molecule has 182 valence electrons. The van der Waals surface area contributed by atoms with E-state index in [9.17, 15) is 9.18 Å². The number of pyridine rings is 2. The molecular formula is C29H31FN2O3. The van der Waals surface area contributed by atoms with Crippen LogP contribution in [0.1, 0.15) is 67.1 Å². The van der Waals surface area contributed by atoms with E-state index in [-0.39, 0.29) is 29.7 Å². The Morgan fingerprint density at radius 2 is 1.94 bits per heavy atom. The molecule has 1 aliphatic heterocycles. The minimum Gasteiger partial charge on any atom is -0.484 e. The van der Waals surface area contributed by atoms with Crippen LogP contribution < -0.4 is 4.74 Å². The Kier molecular flexibility index (Phi) is 6.54. The fourth-order valence-corrected chi connectivity index (χ4v) is 5.27. The summed E-state index contributed by atoms with van der Waals surface area (Å²) in [5, 5.41) is 0. The number of carbonyl (C=O) groups excluding carboxylic acids is 1. The number of aromatic nitrogens is 2. The fourth-order valence-electron chi connectivity index (χ4n) is 5.27.